The van der Waals surface area contributed by atoms with Crippen molar-refractivity contribution in [2.24, 2.45) is 0 Å². The Balaban J connectivity index is 1.78. The maximum Gasteiger partial charge on any atom is 0.321 e. The smallest absolute Gasteiger partial charge is 0.321 e. The van der Waals surface area contributed by atoms with Crippen molar-refractivity contribution in [3.05, 3.63) is 59.1 Å². The van der Waals surface area contributed by atoms with Crippen LogP contribution < -0.4 is 10.1 Å². The van der Waals surface area contributed by atoms with Gasteiger partial charge in [0.1, 0.15) is 12.4 Å². The van der Waals surface area contributed by atoms with Crippen molar-refractivity contribution in [1.29, 1.82) is 0 Å². The summed E-state index contributed by atoms with van der Waals surface area (Å²) in [4.78, 5) is 27.0. The number of benzene rings is 2. The molecule has 0 radical (unpaired) electrons. The molecule has 2 rings (SSSR count). The number of likely N-dealkylation sites (N-methyl/N-ethyl adjacent to an activating group) is 2. The lowest BCUT2D eigenvalue weighted by molar-refractivity contribution is -0.127. The van der Waals surface area contributed by atoms with Crippen LogP contribution in [0.2, 0.25) is 5.02 Å². The number of carbonyl (C=O) groups is 2. The van der Waals surface area contributed by atoms with Crippen LogP contribution in [0.3, 0.4) is 0 Å². The van der Waals surface area contributed by atoms with E-state index in [2.05, 4.69) is 5.32 Å². The van der Waals surface area contributed by atoms with Crippen LogP contribution in [0.5, 0.6) is 5.75 Å². The van der Waals surface area contributed by atoms with E-state index in [-0.39, 0.29) is 11.9 Å². The van der Waals surface area contributed by atoms with E-state index in [0.29, 0.717) is 36.0 Å². The van der Waals surface area contributed by atoms with Crippen molar-refractivity contribution < 1.29 is 14.3 Å². The number of hydrogen-bond donors (Lipinski definition) is 1. The zero-order valence-corrected chi connectivity index (χ0v) is 16.5. The zero-order valence-electron chi connectivity index (χ0n) is 15.7. The van der Waals surface area contributed by atoms with Gasteiger partial charge in [-0.25, -0.2) is 4.79 Å². The molecule has 2 aromatic carbocycles. The topological polar surface area (TPSA) is 61.9 Å². The van der Waals surface area contributed by atoms with Gasteiger partial charge >= 0.3 is 6.03 Å². The number of rotatable bonds is 7. The number of halogens is 1. The highest BCUT2D eigenvalue weighted by molar-refractivity contribution is 6.30. The third-order valence-corrected chi connectivity index (χ3v) is 4.17. The SMILES string of the molecule is CN(C)C(=O)Cc1ccc(NC(=O)N(C)CCOc2ccc(Cl)cc2)cc1. The quantitative estimate of drug-likeness (QED) is 0.788. The first-order valence-electron chi connectivity index (χ1n) is 8.54. The van der Waals surface area contributed by atoms with Crippen molar-refractivity contribution in [3.8, 4) is 5.75 Å². The van der Waals surface area contributed by atoms with Gasteiger partial charge in [-0.15, -0.1) is 0 Å². The highest BCUT2D eigenvalue weighted by Crippen LogP contribution is 2.15. The standard InChI is InChI=1S/C20H24ClN3O3/c1-23(2)19(25)14-15-4-8-17(9-5-15)22-20(26)24(3)12-13-27-18-10-6-16(21)7-11-18/h4-11H,12-14H2,1-3H3,(H,22,26). The van der Waals surface area contributed by atoms with E-state index in [4.69, 9.17) is 16.3 Å². The molecule has 0 saturated heterocycles. The van der Waals surface area contributed by atoms with Gasteiger partial charge in [0.25, 0.3) is 0 Å². The Morgan fingerprint density at radius 2 is 1.63 bits per heavy atom. The molecule has 0 heterocycles. The molecule has 1 N–H and O–H groups in total. The molecule has 27 heavy (non-hydrogen) atoms. The van der Waals surface area contributed by atoms with Crippen molar-refractivity contribution in [2.75, 3.05) is 39.6 Å². The fraction of sp³-hybridized carbons (Fsp3) is 0.300. The average Bonchev–Trinajstić information content (AvgIpc) is 2.64. The lowest BCUT2D eigenvalue weighted by Crippen LogP contribution is -2.34. The molecule has 0 saturated carbocycles. The predicted molar refractivity (Wildman–Crippen MR) is 107 cm³/mol. The lowest BCUT2D eigenvalue weighted by atomic mass is 10.1. The Kier molecular flexibility index (Phi) is 7.49. The first-order valence-corrected chi connectivity index (χ1v) is 8.92. The van der Waals surface area contributed by atoms with Crippen LogP contribution in [0.1, 0.15) is 5.56 Å². The van der Waals surface area contributed by atoms with Crippen LogP contribution in [-0.2, 0) is 11.2 Å². The summed E-state index contributed by atoms with van der Waals surface area (Å²) in [7, 11) is 5.15. The molecule has 0 aromatic heterocycles. The molecular weight excluding hydrogens is 366 g/mol. The molecule has 0 atom stereocenters. The monoisotopic (exact) mass is 389 g/mol. The number of ether oxygens (including phenoxy) is 1. The third kappa shape index (κ3) is 6.83. The second-order valence-electron chi connectivity index (χ2n) is 6.32. The number of anilines is 1. The zero-order chi connectivity index (χ0) is 19.8. The minimum atomic E-state index is -0.230. The highest BCUT2D eigenvalue weighted by Gasteiger charge is 2.10. The molecule has 144 valence electrons. The van der Waals surface area contributed by atoms with Crippen LogP contribution in [0.15, 0.2) is 48.5 Å². The maximum absolute atomic E-state index is 12.2. The van der Waals surface area contributed by atoms with Crippen molar-refractivity contribution in [3.63, 3.8) is 0 Å². The molecule has 3 amide bonds. The predicted octanol–water partition coefficient (Wildman–Crippen LogP) is 3.51. The van der Waals surface area contributed by atoms with Gasteiger partial charge in [-0.3, -0.25) is 4.79 Å². The number of carbonyl (C=O) groups excluding carboxylic acids is 2. The Labute approximate surface area is 164 Å². The molecule has 6 nitrogen and oxygen atoms in total. The molecule has 0 aliphatic heterocycles. The first-order chi connectivity index (χ1) is 12.8. The Morgan fingerprint density at radius 3 is 2.22 bits per heavy atom. The number of amides is 3. The van der Waals surface area contributed by atoms with E-state index < -0.39 is 0 Å². The summed E-state index contributed by atoms with van der Waals surface area (Å²) >= 11 is 5.83. The molecule has 0 aliphatic carbocycles. The summed E-state index contributed by atoms with van der Waals surface area (Å²) in [6.07, 6.45) is 0.336. The molecule has 7 heteroatoms. The van der Waals surface area contributed by atoms with E-state index in [9.17, 15) is 9.59 Å². The second-order valence-corrected chi connectivity index (χ2v) is 6.75. The van der Waals surface area contributed by atoms with Crippen LogP contribution >= 0.6 is 11.6 Å². The van der Waals surface area contributed by atoms with Gasteiger partial charge in [0.2, 0.25) is 5.91 Å². The summed E-state index contributed by atoms with van der Waals surface area (Å²) in [5.41, 5.74) is 1.57. The van der Waals surface area contributed by atoms with Crippen LogP contribution in [0.25, 0.3) is 0 Å². The first kappa shape index (κ1) is 20.6. The summed E-state index contributed by atoms with van der Waals surface area (Å²) < 4.78 is 5.59. The minimum Gasteiger partial charge on any atom is -0.492 e. The number of urea groups is 1. The van der Waals surface area contributed by atoms with Gasteiger partial charge in [0, 0.05) is 31.9 Å². The minimum absolute atomic E-state index is 0.0345. The van der Waals surface area contributed by atoms with Gasteiger partial charge in [-0.1, -0.05) is 23.7 Å². The van der Waals surface area contributed by atoms with E-state index in [1.54, 1.807) is 67.3 Å². The van der Waals surface area contributed by atoms with Gasteiger partial charge in [-0.2, -0.15) is 0 Å². The van der Waals surface area contributed by atoms with Gasteiger partial charge in [-0.05, 0) is 42.0 Å². The molecule has 0 bridgehead atoms. The fourth-order valence-electron chi connectivity index (χ4n) is 2.19. The van der Waals surface area contributed by atoms with Crippen molar-refractivity contribution in [2.45, 2.75) is 6.42 Å². The van der Waals surface area contributed by atoms with Crippen molar-refractivity contribution in [1.82, 2.24) is 9.80 Å². The molecule has 0 aliphatic rings. The normalized spacial score (nSPS) is 10.2. The van der Waals surface area contributed by atoms with Gasteiger partial charge in [0.05, 0.1) is 13.0 Å². The number of hydrogen-bond acceptors (Lipinski definition) is 3. The Morgan fingerprint density at radius 1 is 1.00 bits per heavy atom. The van der Waals surface area contributed by atoms with Crippen LogP contribution in [0, 0.1) is 0 Å². The summed E-state index contributed by atoms with van der Waals surface area (Å²) in [5, 5.41) is 3.47. The van der Waals surface area contributed by atoms with Gasteiger partial charge < -0.3 is 19.9 Å². The van der Waals surface area contributed by atoms with Crippen LogP contribution in [-0.4, -0.2) is 56.0 Å². The Hall–Kier alpha value is -2.73. The van der Waals surface area contributed by atoms with Crippen LogP contribution in [0.4, 0.5) is 10.5 Å². The third-order valence-electron chi connectivity index (χ3n) is 3.92. The molecule has 0 unspecified atom stereocenters. The number of nitrogens with zero attached hydrogens (tertiary/aromatic N) is 2. The van der Waals surface area contributed by atoms with E-state index in [1.807, 2.05) is 12.1 Å². The summed E-state index contributed by atoms with van der Waals surface area (Å²) in [6, 6.07) is 14.1. The lowest BCUT2D eigenvalue weighted by Gasteiger charge is -2.18. The van der Waals surface area contributed by atoms with Gasteiger partial charge in [0.15, 0.2) is 0 Å². The fourth-order valence-corrected chi connectivity index (χ4v) is 2.32. The summed E-state index contributed by atoms with van der Waals surface area (Å²) in [6.45, 7) is 0.807. The molecule has 0 fully saturated rings. The van der Waals surface area contributed by atoms with E-state index in [1.165, 1.54) is 0 Å². The molecule has 2 aromatic rings. The second kappa shape index (κ2) is 9.83. The Bertz CT molecular complexity index is 761. The number of nitrogens with one attached hydrogen (secondary N) is 1. The molecule has 0 spiro atoms. The van der Waals surface area contributed by atoms with E-state index >= 15 is 0 Å². The maximum atomic E-state index is 12.2. The molecular formula is C20H24ClN3O3. The van der Waals surface area contributed by atoms with E-state index in [0.717, 1.165) is 5.56 Å². The highest BCUT2D eigenvalue weighted by atomic mass is 35.5. The average molecular weight is 390 g/mol. The summed E-state index contributed by atoms with van der Waals surface area (Å²) in [5.74, 6) is 0.739. The largest absolute Gasteiger partial charge is 0.492 e. The van der Waals surface area contributed by atoms with Crippen molar-refractivity contribution >= 4 is 29.2 Å².